The highest BCUT2D eigenvalue weighted by molar-refractivity contribution is 6.32. The van der Waals surface area contributed by atoms with Crippen molar-refractivity contribution < 1.29 is 24.2 Å². The Kier molecular flexibility index (Phi) is 17.0. The molecule has 71 heavy (non-hydrogen) atoms. The van der Waals surface area contributed by atoms with Gasteiger partial charge in [0.25, 0.3) is 0 Å². The van der Waals surface area contributed by atoms with E-state index in [1.165, 1.54) is 30.9 Å². The van der Waals surface area contributed by atoms with Crippen LogP contribution in [0.2, 0.25) is 10.0 Å². The average molecular weight is 997 g/mol. The molecule has 2 aliphatic heterocycles. The highest BCUT2D eigenvalue weighted by Gasteiger charge is 2.39. The Hall–Kier alpha value is -6.78. The largest absolute Gasteiger partial charge is 0.478 e. The molecular formula is C55H59Cl2N9O5. The number of carbonyl (C=O) groups is 2. The van der Waals surface area contributed by atoms with E-state index in [4.69, 9.17) is 43.5 Å². The lowest BCUT2D eigenvalue weighted by Gasteiger charge is -2.46. The standard InChI is InChI=1S/C28H29ClN4O2.C18H10ClN3O3.C9H20N2/c1-27(2)14-18(15-28(3,4)33-27)12-24(34)19-8-9-26(22(29)13-19)35-25-7-5-6-20(21(25)16-30)23-10-11-31-17-32-23;19-14-8-11(18(23)24)4-5-17(14)25-16-3-1-2-12(13(16)9-20)15-6-7-21-10-22-15;1-8(2)5-7(10)6-9(3,4)11-8/h5-11,13,17-18,33H,12,14-15H2,1-4H3;1-8,10H,(H,23,24);7,11H,5-6,10H2,1-4H3. The van der Waals surface area contributed by atoms with Gasteiger partial charge in [0.1, 0.15) is 58.9 Å². The van der Waals surface area contributed by atoms with E-state index < -0.39 is 5.97 Å². The molecule has 0 atom stereocenters. The zero-order valence-corrected chi connectivity index (χ0v) is 42.7. The average Bonchev–Trinajstić information content (AvgIpc) is 3.29. The molecule has 0 bridgehead atoms. The number of Topliss-reactive ketones (excluding diaryl/α,β-unsaturated/α-hetero) is 1. The zero-order valence-electron chi connectivity index (χ0n) is 41.2. The van der Waals surface area contributed by atoms with Crippen molar-refractivity contribution in [1.82, 2.24) is 30.6 Å². The van der Waals surface area contributed by atoms with E-state index >= 15 is 0 Å². The van der Waals surface area contributed by atoms with E-state index in [0.717, 1.165) is 25.7 Å². The van der Waals surface area contributed by atoms with Crippen molar-refractivity contribution in [2.45, 2.75) is 116 Å². The molecule has 5 N–H and O–H groups in total. The summed E-state index contributed by atoms with van der Waals surface area (Å²) in [5.74, 6) is 0.572. The van der Waals surface area contributed by atoms with Gasteiger partial charge in [-0.3, -0.25) is 4.79 Å². The van der Waals surface area contributed by atoms with Crippen LogP contribution in [0.4, 0.5) is 0 Å². The summed E-state index contributed by atoms with van der Waals surface area (Å²) >= 11 is 12.6. The number of halogens is 2. The number of ketones is 1. The van der Waals surface area contributed by atoms with E-state index in [1.807, 2.05) is 0 Å². The fourth-order valence-corrected chi connectivity index (χ4v) is 10.4. The van der Waals surface area contributed by atoms with Gasteiger partial charge in [-0.05, 0) is 148 Å². The Labute approximate surface area is 425 Å². The van der Waals surface area contributed by atoms with Crippen molar-refractivity contribution >= 4 is 35.0 Å². The number of hydrogen-bond donors (Lipinski definition) is 4. The Bertz CT molecular complexity index is 2920. The smallest absolute Gasteiger partial charge is 0.335 e. The summed E-state index contributed by atoms with van der Waals surface area (Å²) in [6, 6.07) is 27.7. The lowest BCUT2D eigenvalue weighted by Crippen LogP contribution is -2.60. The highest BCUT2D eigenvalue weighted by Crippen LogP contribution is 2.39. The van der Waals surface area contributed by atoms with Gasteiger partial charge in [0.15, 0.2) is 5.78 Å². The molecule has 16 heteroatoms. The van der Waals surface area contributed by atoms with Crippen molar-refractivity contribution in [1.29, 1.82) is 10.5 Å². The molecule has 0 amide bonds. The number of nitrogens with two attached hydrogens (primary N) is 1. The number of nitrogens with zero attached hydrogens (tertiary/aromatic N) is 6. The van der Waals surface area contributed by atoms with Crippen LogP contribution in [0.25, 0.3) is 22.5 Å². The van der Waals surface area contributed by atoms with Crippen molar-refractivity contribution in [2.24, 2.45) is 11.7 Å². The second kappa shape index (κ2) is 22.5. The minimum atomic E-state index is -1.09. The predicted molar refractivity (Wildman–Crippen MR) is 276 cm³/mol. The van der Waals surface area contributed by atoms with E-state index in [-0.39, 0.29) is 44.3 Å². The summed E-state index contributed by atoms with van der Waals surface area (Å²) in [5.41, 5.74) is 10.0. The van der Waals surface area contributed by atoms with Gasteiger partial charge in [0.05, 0.1) is 27.0 Å². The Morgan fingerprint density at radius 2 is 1.07 bits per heavy atom. The molecule has 0 saturated carbocycles. The number of carboxylic acids is 1. The van der Waals surface area contributed by atoms with Crippen LogP contribution < -0.4 is 25.8 Å². The van der Waals surface area contributed by atoms with Crippen LogP contribution in [0.5, 0.6) is 23.0 Å². The molecule has 4 aromatic carbocycles. The van der Waals surface area contributed by atoms with Crippen LogP contribution in [-0.4, -0.2) is 65.0 Å². The van der Waals surface area contributed by atoms with Gasteiger partial charge in [-0.1, -0.05) is 47.5 Å². The summed E-state index contributed by atoms with van der Waals surface area (Å²) in [6.07, 6.45) is 10.5. The number of hydrogen-bond acceptors (Lipinski definition) is 13. The molecule has 14 nitrogen and oxygen atoms in total. The first-order valence-corrected chi connectivity index (χ1v) is 23.9. The number of rotatable bonds is 10. The van der Waals surface area contributed by atoms with E-state index in [2.05, 4.69) is 98.1 Å². The first-order valence-electron chi connectivity index (χ1n) is 23.1. The first kappa shape index (κ1) is 53.6. The number of carboxylic acid groups (broad SMARTS) is 1. The molecular weight excluding hydrogens is 938 g/mol. The van der Waals surface area contributed by atoms with Crippen molar-refractivity contribution in [2.75, 3.05) is 0 Å². The van der Waals surface area contributed by atoms with Crippen LogP contribution in [0.15, 0.2) is 110 Å². The molecule has 2 aliphatic rings. The van der Waals surface area contributed by atoms with Crippen LogP contribution in [0.3, 0.4) is 0 Å². The molecule has 0 unspecified atom stereocenters. The number of benzene rings is 4. The van der Waals surface area contributed by atoms with Crippen molar-refractivity contribution in [3.8, 4) is 57.7 Å². The van der Waals surface area contributed by atoms with Crippen molar-refractivity contribution in [3.05, 3.63) is 142 Å². The molecule has 2 aromatic heterocycles. The van der Waals surface area contributed by atoms with Crippen LogP contribution in [-0.2, 0) is 0 Å². The third kappa shape index (κ3) is 14.6. The number of ether oxygens (including phenoxy) is 2. The summed E-state index contributed by atoms with van der Waals surface area (Å²) in [6.45, 7) is 17.6. The van der Waals surface area contributed by atoms with Crippen molar-refractivity contribution in [3.63, 3.8) is 0 Å². The second-order valence-electron chi connectivity index (χ2n) is 20.4. The Balaban J connectivity index is 0.000000198. The van der Waals surface area contributed by atoms with Gasteiger partial charge in [-0.2, -0.15) is 10.5 Å². The lowest BCUT2D eigenvalue weighted by molar-refractivity contribution is 0.0696. The fraction of sp³-hybridized carbons (Fsp3) is 0.345. The molecule has 2 fully saturated rings. The van der Waals surface area contributed by atoms with E-state index in [1.54, 1.807) is 79.1 Å². The lowest BCUT2D eigenvalue weighted by atomic mass is 9.74. The summed E-state index contributed by atoms with van der Waals surface area (Å²) in [7, 11) is 0. The molecule has 6 aromatic rings. The normalized spacial score (nSPS) is 16.6. The van der Waals surface area contributed by atoms with Crippen LogP contribution in [0.1, 0.15) is 119 Å². The molecule has 2 saturated heterocycles. The van der Waals surface area contributed by atoms with Gasteiger partial charge >= 0.3 is 5.97 Å². The number of carbonyl (C=O) groups excluding carboxylic acids is 1. The van der Waals surface area contributed by atoms with Gasteiger partial charge in [-0.15, -0.1) is 0 Å². The van der Waals surface area contributed by atoms with Gasteiger partial charge in [-0.25, -0.2) is 24.7 Å². The molecule has 0 spiro atoms. The summed E-state index contributed by atoms with van der Waals surface area (Å²) in [4.78, 5) is 40.2. The maximum absolute atomic E-state index is 13.1. The number of aromatic carboxylic acids is 1. The van der Waals surface area contributed by atoms with E-state index in [9.17, 15) is 20.1 Å². The van der Waals surface area contributed by atoms with E-state index in [0.29, 0.717) is 79.9 Å². The number of piperidine rings is 2. The monoisotopic (exact) mass is 995 g/mol. The maximum Gasteiger partial charge on any atom is 0.335 e. The Morgan fingerprint density at radius 1 is 0.648 bits per heavy atom. The molecule has 368 valence electrons. The predicted octanol–water partition coefficient (Wildman–Crippen LogP) is 12.0. The molecule has 0 aliphatic carbocycles. The summed E-state index contributed by atoms with van der Waals surface area (Å²) in [5, 5.41) is 36.0. The first-order chi connectivity index (χ1) is 33.5. The second-order valence-corrected chi connectivity index (χ2v) is 21.2. The van der Waals surface area contributed by atoms with Gasteiger partial charge in [0.2, 0.25) is 0 Å². The number of nitrogens with one attached hydrogen (secondary N) is 2. The highest BCUT2D eigenvalue weighted by atomic mass is 35.5. The third-order valence-corrected chi connectivity index (χ3v) is 12.4. The Morgan fingerprint density at radius 3 is 1.45 bits per heavy atom. The molecule has 0 radical (unpaired) electrons. The quantitative estimate of drug-likeness (QED) is 0.0938. The SMILES string of the molecule is CC1(C)CC(CC(=O)c2ccc(Oc3cccc(-c4ccncn4)c3C#N)c(Cl)c2)CC(C)(C)N1.CC1(C)CC(N)CC(C)(C)N1.N#Cc1c(Oc2ccc(C(=O)O)cc2Cl)cccc1-c1ccncn1. The van der Waals surface area contributed by atoms with Crippen LogP contribution >= 0.6 is 23.2 Å². The van der Waals surface area contributed by atoms with Crippen LogP contribution in [0, 0.1) is 28.6 Å². The maximum atomic E-state index is 13.1. The number of aromatic nitrogens is 4. The minimum Gasteiger partial charge on any atom is -0.478 e. The number of nitriles is 2. The topological polar surface area (TPSA) is 222 Å². The van der Waals surface area contributed by atoms with Gasteiger partial charge < -0.3 is 30.9 Å². The molecule has 8 rings (SSSR count). The summed E-state index contributed by atoms with van der Waals surface area (Å²) < 4.78 is 11.8. The zero-order chi connectivity index (χ0) is 51.7. The van der Waals surface area contributed by atoms with Gasteiger partial charge in [0, 0.05) is 63.7 Å². The third-order valence-electron chi connectivity index (χ3n) is 11.8. The molecule has 4 heterocycles. The minimum absolute atomic E-state index is 0.0131. The fourth-order valence-electron chi connectivity index (χ4n) is 9.96.